The normalized spacial score (nSPS) is 18.4. The second-order valence-electron chi connectivity index (χ2n) is 22.0. The smallest absolute Gasteiger partial charge is 0.246 e. The lowest BCUT2D eigenvalue weighted by molar-refractivity contribution is -0.144. The Balaban J connectivity index is 0.719. The number of aliphatic hydroxyl groups excluding tert-OH is 1. The third-order valence-corrected chi connectivity index (χ3v) is 17.7. The number of nitrogens with one attached hydrogen (secondary N) is 3. The summed E-state index contributed by atoms with van der Waals surface area (Å²) in [5, 5.41) is 30.3. The van der Waals surface area contributed by atoms with Gasteiger partial charge in [-0.1, -0.05) is 80.9 Å². The molecule has 3 aliphatic heterocycles. The molecule has 18 nitrogen and oxygen atoms in total. The Labute approximate surface area is 480 Å². The van der Waals surface area contributed by atoms with Crippen molar-refractivity contribution in [2.45, 2.75) is 118 Å². The van der Waals surface area contributed by atoms with Crippen LogP contribution in [0.4, 0.5) is 5.69 Å². The zero-order valence-corrected chi connectivity index (χ0v) is 49.1. The number of nitrogens with zero attached hydrogens (tertiary/aromatic N) is 8. The van der Waals surface area contributed by atoms with E-state index in [-0.39, 0.29) is 62.9 Å². The molecule has 0 saturated carbocycles. The molecule has 2 fully saturated rings. The van der Waals surface area contributed by atoms with Gasteiger partial charge in [0.1, 0.15) is 35.6 Å². The van der Waals surface area contributed by atoms with Gasteiger partial charge in [0.25, 0.3) is 0 Å². The average molecular weight is 1140 g/mol. The van der Waals surface area contributed by atoms with Crippen LogP contribution >= 0.6 is 34.3 Å². The Morgan fingerprint density at radius 3 is 2.12 bits per heavy atom. The van der Waals surface area contributed by atoms with E-state index in [2.05, 4.69) is 49.9 Å². The first-order chi connectivity index (χ1) is 38.1. The number of aryl methyl sites for hydroxylation is 3. The summed E-state index contributed by atoms with van der Waals surface area (Å²) in [6.45, 7) is 19.2. The predicted molar refractivity (Wildman–Crippen MR) is 311 cm³/mol. The van der Waals surface area contributed by atoms with Gasteiger partial charge in [0.05, 0.1) is 59.4 Å². The number of β-amino-alcohol motifs (C(OH)–C–C–N with tert-alkyl or cyclic N) is 1. The number of carbonyl (C=O) groups is 5. The van der Waals surface area contributed by atoms with Gasteiger partial charge in [0.15, 0.2) is 5.82 Å². The number of carbonyl (C=O) groups excluding carboxylic acids is 5. The highest BCUT2D eigenvalue weighted by molar-refractivity contribution is 7.15. The number of likely N-dealkylation sites (tertiary alicyclic amines) is 1. The number of halogens is 1. The number of thiophene rings is 1. The first-order valence-corrected chi connectivity index (χ1v) is 29.2. The number of fused-ring (bicyclic) bond motifs is 3. The van der Waals surface area contributed by atoms with Crippen LogP contribution in [0.1, 0.15) is 122 Å². The molecule has 21 heteroatoms. The maximum atomic E-state index is 14.2. The average Bonchev–Trinajstić information content (AvgIpc) is 4.29. The Bertz CT molecular complexity index is 3270. The summed E-state index contributed by atoms with van der Waals surface area (Å²) in [6, 6.07) is 20.4. The Morgan fingerprint density at radius 2 is 1.48 bits per heavy atom. The zero-order chi connectivity index (χ0) is 57.2. The minimum atomic E-state index is -1.02. The highest BCUT2D eigenvalue weighted by Crippen LogP contribution is 2.40. The van der Waals surface area contributed by atoms with Gasteiger partial charge in [-0.2, -0.15) is 0 Å². The van der Waals surface area contributed by atoms with E-state index in [1.807, 2.05) is 131 Å². The molecular formula is C59H70ClN11O7S2. The number of thiazole rings is 1. The van der Waals surface area contributed by atoms with E-state index in [1.165, 1.54) is 9.78 Å². The van der Waals surface area contributed by atoms with Gasteiger partial charge in [0, 0.05) is 65.9 Å². The summed E-state index contributed by atoms with van der Waals surface area (Å²) in [7, 11) is 0. The number of hydrogen-bond acceptors (Lipinski definition) is 14. The van der Waals surface area contributed by atoms with Crippen molar-refractivity contribution in [3.63, 3.8) is 0 Å². The minimum absolute atomic E-state index is 0.0119. The molecule has 2 saturated heterocycles. The van der Waals surface area contributed by atoms with Crippen molar-refractivity contribution in [3.05, 3.63) is 133 Å². The van der Waals surface area contributed by atoms with Gasteiger partial charge in [-0.25, -0.2) is 4.98 Å². The summed E-state index contributed by atoms with van der Waals surface area (Å²) in [6.07, 6.45) is -0.695. The van der Waals surface area contributed by atoms with Crippen molar-refractivity contribution >= 4 is 75.2 Å². The van der Waals surface area contributed by atoms with Crippen molar-refractivity contribution in [3.8, 4) is 15.4 Å². The molecule has 0 radical (unpaired) electrons. The van der Waals surface area contributed by atoms with E-state index in [9.17, 15) is 29.1 Å². The van der Waals surface area contributed by atoms with E-state index in [0.717, 1.165) is 66.2 Å². The molecule has 0 spiro atoms. The first-order valence-electron chi connectivity index (χ1n) is 27.1. The SMILES string of the molecule is Cc1ncsc1-c1ccc([C@H](C)NC(=O)[C@@H]2C[C@@H](O)CN2C(=O)[C@@H](NC(=O)COCCC(=O)N2CCN(c3ccc([C@H](C)NC(=O)C[C@@H]4N=C(c5ccc(Cl)cc5)c5c(sc(C)c5C)-n5c(C)nnc54)cc3)CC2)C(C)(C)C)cc1. The molecule has 9 rings (SSSR count). The Hall–Kier alpha value is -6.84. The van der Waals surface area contributed by atoms with Crippen LogP contribution in [-0.4, -0.2) is 134 Å². The number of rotatable bonds is 17. The van der Waals surface area contributed by atoms with Crippen molar-refractivity contribution in [2.24, 2.45) is 10.4 Å². The van der Waals surface area contributed by atoms with Gasteiger partial charge in [0.2, 0.25) is 29.5 Å². The second-order valence-corrected chi connectivity index (χ2v) is 24.5. The number of ether oxygens (including phenoxy) is 1. The quantitative estimate of drug-likeness (QED) is 0.0644. The highest BCUT2D eigenvalue weighted by Gasteiger charge is 2.45. The van der Waals surface area contributed by atoms with Crippen LogP contribution in [0.25, 0.3) is 15.4 Å². The predicted octanol–water partition coefficient (Wildman–Crippen LogP) is 7.92. The topological polar surface area (TPSA) is 217 Å². The van der Waals surface area contributed by atoms with Crippen LogP contribution in [0, 0.1) is 33.1 Å². The van der Waals surface area contributed by atoms with E-state index in [0.29, 0.717) is 37.0 Å². The Morgan fingerprint density at radius 1 is 0.825 bits per heavy atom. The lowest BCUT2D eigenvalue weighted by Crippen LogP contribution is -2.58. The van der Waals surface area contributed by atoms with Gasteiger partial charge in [-0.15, -0.1) is 32.9 Å². The van der Waals surface area contributed by atoms with Crippen molar-refractivity contribution in [1.29, 1.82) is 0 Å². The molecule has 0 bridgehead atoms. The zero-order valence-electron chi connectivity index (χ0n) is 46.7. The van der Waals surface area contributed by atoms with Gasteiger partial charge in [-0.3, -0.25) is 33.5 Å². The number of benzene rings is 3. The number of hydrogen-bond donors (Lipinski definition) is 4. The number of amides is 5. The molecule has 4 N–H and O–H groups in total. The fourth-order valence-electron chi connectivity index (χ4n) is 10.6. The third kappa shape index (κ3) is 12.8. The molecule has 3 aromatic carbocycles. The minimum Gasteiger partial charge on any atom is -0.391 e. The number of piperazine rings is 1. The second kappa shape index (κ2) is 24.5. The van der Waals surface area contributed by atoms with Crippen molar-refractivity contribution in [1.82, 2.24) is 45.5 Å². The van der Waals surface area contributed by atoms with Crippen molar-refractivity contribution in [2.75, 3.05) is 50.8 Å². The lowest BCUT2D eigenvalue weighted by atomic mass is 9.85. The number of aromatic nitrogens is 4. The highest BCUT2D eigenvalue weighted by atomic mass is 35.5. The molecule has 5 amide bonds. The van der Waals surface area contributed by atoms with E-state index in [4.69, 9.17) is 21.3 Å². The molecule has 0 unspecified atom stereocenters. The lowest BCUT2D eigenvalue weighted by Gasteiger charge is -2.36. The molecule has 422 valence electrons. The standard InChI is InChI=1S/C59H70ClN11O7S2/c1-33-37(5)80-58-51(33)52(41-14-18-43(60)19-15-41)64-46(55-67-66-38(6)71(55)58)29-48(73)62-34(2)40-16-20-44(21-17-40)68-23-25-69(26-24-68)50(75)22-27-78-31-49(74)65-54(59(7,8)9)57(77)70-30-45(72)28-47(70)56(76)63-35(3)39-10-12-42(13-11-39)53-36(4)61-32-79-53/h10-21,32,34-35,45-47,54,72H,22-31H2,1-9H3,(H,62,73)(H,63,76)(H,65,74)/t34-,35-,45+,46-,47-,54+/m0/s1. The summed E-state index contributed by atoms with van der Waals surface area (Å²) < 4.78 is 7.71. The summed E-state index contributed by atoms with van der Waals surface area (Å²) in [5.41, 5.74) is 9.69. The fourth-order valence-corrected chi connectivity index (χ4v) is 12.7. The monoisotopic (exact) mass is 1140 g/mol. The van der Waals surface area contributed by atoms with Gasteiger partial charge in [-0.05, 0) is 93.5 Å². The van der Waals surface area contributed by atoms with Crippen LogP contribution in [-0.2, 0) is 28.7 Å². The van der Waals surface area contributed by atoms with E-state index in [1.54, 1.807) is 27.6 Å². The molecule has 6 aromatic rings. The number of anilines is 1. The third-order valence-electron chi connectivity index (χ3n) is 15.3. The molecule has 3 aromatic heterocycles. The largest absolute Gasteiger partial charge is 0.391 e. The molecule has 0 aliphatic carbocycles. The molecule has 6 heterocycles. The first kappa shape index (κ1) is 57.8. The maximum absolute atomic E-state index is 14.2. The van der Waals surface area contributed by atoms with Gasteiger partial charge < -0.3 is 40.5 Å². The summed E-state index contributed by atoms with van der Waals surface area (Å²) >= 11 is 9.52. The van der Waals surface area contributed by atoms with Crippen LogP contribution in [0.5, 0.6) is 0 Å². The summed E-state index contributed by atoms with van der Waals surface area (Å²) in [5.74, 6) is -0.323. The Kier molecular flexibility index (Phi) is 17.7. The van der Waals surface area contributed by atoms with E-state index >= 15 is 0 Å². The van der Waals surface area contributed by atoms with Gasteiger partial charge >= 0.3 is 0 Å². The molecular weight excluding hydrogens is 1070 g/mol. The van der Waals surface area contributed by atoms with Crippen LogP contribution in [0.3, 0.4) is 0 Å². The number of aliphatic imine (C=N–C) groups is 1. The summed E-state index contributed by atoms with van der Waals surface area (Å²) in [4.78, 5) is 85.6. The molecule has 6 atom stereocenters. The van der Waals surface area contributed by atoms with Crippen LogP contribution < -0.4 is 20.9 Å². The van der Waals surface area contributed by atoms with Crippen LogP contribution in [0.15, 0.2) is 83.3 Å². The fraction of sp³-hybridized carbons (Fsp3) is 0.441. The molecule has 3 aliphatic rings. The van der Waals surface area contributed by atoms with E-state index < -0.39 is 47.4 Å². The van der Waals surface area contributed by atoms with Crippen LogP contribution in [0.2, 0.25) is 5.02 Å². The number of aliphatic hydroxyl groups is 1. The molecule has 80 heavy (non-hydrogen) atoms. The maximum Gasteiger partial charge on any atom is 0.246 e. The van der Waals surface area contributed by atoms with Crippen molar-refractivity contribution < 1.29 is 33.8 Å².